The summed E-state index contributed by atoms with van der Waals surface area (Å²) < 4.78 is 28.7. The molecule has 2 aromatic carbocycles. The summed E-state index contributed by atoms with van der Waals surface area (Å²) in [7, 11) is -3.24. The van der Waals surface area contributed by atoms with E-state index in [0.29, 0.717) is 54.1 Å². The maximum Gasteiger partial charge on any atom is 0.268 e. The van der Waals surface area contributed by atoms with Crippen LogP contribution in [-0.4, -0.2) is 57.1 Å². The first kappa shape index (κ1) is 27.4. The number of anilines is 1. The Labute approximate surface area is 242 Å². The van der Waals surface area contributed by atoms with Gasteiger partial charge < -0.3 is 11.5 Å². The minimum Gasteiger partial charge on any atom is -0.382 e. The first-order valence-corrected chi connectivity index (χ1v) is 15.3. The molecule has 6 rings (SSSR count). The number of hydrogen-bond donors (Lipinski definition) is 2. The van der Waals surface area contributed by atoms with Crippen LogP contribution in [0.4, 0.5) is 5.82 Å². The van der Waals surface area contributed by atoms with Crippen molar-refractivity contribution < 1.29 is 13.2 Å². The van der Waals surface area contributed by atoms with Crippen molar-refractivity contribution in [2.24, 2.45) is 5.73 Å². The average Bonchev–Trinajstić information content (AvgIpc) is 3.38. The molecule has 1 amide bonds. The third kappa shape index (κ3) is 4.84. The molecule has 0 bridgehead atoms. The number of nitrogen functional groups attached to an aromatic ring is 1. The normalized spacial score (nSPS) is 14.8. The SMILES string of the molecule is CS(=O)(=O)N1CCC(c2cc(-c3ccc(-c4ccn(-c5ccccc5)c(=O)c4C(N)=O)cc3)c3c(N)ncnn23)CC1. The number of carbonyl (C=O) groups excluding carboxylic acids is 1. The van der Waals surface area contributed by atoms with E-state index in [9.17, 15) is 18.0 Å². The van der Waals surface area contributed by atoms with Crippen LogP contribution in [0, 0.1) is 0 Å². The van der Waals surface area contributed by atoms with Crippen LogP contribution in [0.1, 0.15) is 34.8 Å². The molecule has 214 valence electrons. The number of pyridine rings is 1. The van der Waals surface area contributed by atoms with Gasteiger partial charge in [0.1, 0.15) is 17.4 Å². The van der Waals surface area contributed by atoms with Gasteiger partial charge in [-0.05, 0) is 48.2 Å². The molecular formula is C30H29N7O4S. The van der Waals surface area contributed by atoms with Gasteiger partial charge in [-0.1, -0.05) is 42.5 Å². The second-order valence-corrected chi connectivity index (χ2v) is 12.4. The number of piperidine rings is 1. The van der Waals surface area contributed by atoms with Crippen LogP contribution in [0.5, 0.6) is 0 Å². The van der Waals surface area contributed by atoms with Crippen LogP contribution in [0.3, 0.4) is 0 Å². The molecule has 0 radical (unpaired) electrons. The monoisotopic (exact) mass is 583 g/mol. The number of para-hydroxylation sites is 1. The van der Waals surface area contributed by atoms with Crippen molar-refractivity contribution >= 4 is 27.3 Å². The minimum atomic E-state index is -3.24. The Bertz CT molecular complexity index is 1980. The predicted octanol–water partition coefficient (Wildman–Crippen LogP) is 3.03. The zero-order chi connectivity index (χ0) is 29.6. The first-order valence-electron chi connectivity index (χ1n) is 13.4. The zero-order valence-electron chi connectivity index (χ0n) is 22.8. The fourth-order valence-corrected chi connectivity index (χ4v) is 6.60. The van der Waals surface area contributed by atoms with Gasteiger partial charge in [-0.2, -0.15) is 5.10 Å². The summed E-state index contributed by atoms with van der Waals surface area (Å²) in [5, 5.41) is 4.48. The number of aromatic nitrogens is 4. The smallest absolute Gasteiger partial charge is 0.268 e. The van der Waals surface area contributed by atoms with E-state index in [-0.39, 0.29) is 11.5 Å². The van der Waals surface area contributed by atoms with Crippen molar-refractivity contribution in [3.05, 3.63) is 101 Å². The van der Waals surface area contributed by atoms with E-state index >= 15 is 0 Å². The fraction of sp³-hybridized carbons (Fsp3) is 0.200. The predicted molar refractivity (Wildman–Crippen MR) is 161 cm³/mol. The van der Waals surface area contributed by atoms with E-state index in [0.717, 1.165) is 16.8 Å². The summed E-state index contributed by atoms with van der Waals surface area (Å²) in [4.78, 5) is 29.9. The molecule has 12 heteroatoms. The van der Waals surface area contributed by atoms with E-state index in [4.69, 9.17) is 11.5 Å². The van der Waals surface area contributed by atoms with Gasteiger partial charge in [0.2, 0.25) is 10.0 Å². The van der Waals surface area contributed by atoms with Gasteiger partial charge in [0, 0.05) is 47.7 Å². The molecule has 0 atom stereocenters. The number of hydrogen-bond acceptors (Lipinski definition) is 7. The number of benzene rings is 2. The zero-order valence-corrected chi connectivity index (χ0v) is 23.7. The van der Waals surface area contributed by atoms with Crippen LogP contribution in [0.15, 0.2) is 84.0 Å². The third-order valence-corrected chi connectivity index (χ3v) is 9.13. The lowest BCUT2D eigenvalue weighted by Gasteiger charge is -2.29. The Morgan fingerprint density at radius 1 is 0.952 bits per heavy atom. The quantitative estimate of drug-likeness (QED) is 0.311. The Balaban J connectivity index is 1.38. The van der Waals surface area contributed by atoms with Crippen molar-refractivity contribution in [1.29, 1.82) is 0 Å². The van der Waals surface area contributed by atoms with E-state index in [1.807, 2.05) is 48.5 Å². The first-order chi connectivity index (χ1) is 20.1. The number of amides is 1. The Morgan fingerprint density at radius 3 is 2.21 bits per heavy atom. The molecule has 5 aromatic rings. The number of nitrogens with two attached hydrogens (primary N) is 2. The van der Waals surface area contributed by atoms with Crippen molar-refractivity contribution in [3.8, 4) is 27.9 Å². The van der Waals surface area contributed by atoms with Gasteiger partial charge in [-0.3, -0.25) is 14.2 Å². The number of carbonyl (C=O) groups is 1. The summed E-state index contributed by atoms with van der Waals surface area (Å²) in [6.45, 7) is 0.874. The summed E-state index contributed by atoms with van der Waals surface area (Å²) in [6, 6.07) is 20.2. The second kappa shape index (κ2) is 10.5. The van der Waals surface area contributed by atoms with Crippen molar-refractivity contribution in [2.45, 2.75) is 18.8 Å². The largest absolute Gasteiger partial charge is 0.382 e. The molecule has 3 aromatic heterocycles. The molecule has 0 aliphatic carbocycles. The summed E-state index contributed by atoms with van der Waals surface area (Å²) in [5.74, 6) is -0.393. The van der Waals surface area contributed by atoms with Crippen LogP contribution >= 0.6 is 0 Å². The molecule has 1 aliphatic heterocycles. The molecule has 0 saturated carbocycles. The van der Waals surface area contributed by atoms with E-state index in [2.05, 4.69) is 10.1 Å². The highest BCUT2D eigenvalue weighted by Crippen LogP contribution is 2.37. The van der Waals surface area contributed by atoms with Gasteiger partial charge in [0.25, 0.3) is 11.5 Å². The Hall–Kier alpha value is -4.81. The molecule has 4 heterocycles. The summed E-state index contributed by atoms with van der Waals surface area (Å²) >= 11 is 0. The van der Waals surface area contributed by atoms with Gasteiger partial charge in [-0.15, -0.1) is 0 Å². The van der Waals surface area contributed by atoms with Crippen molar-refractivity contribution in [2.75, 3.05) is 25.1 Å². The molecule has 1 saturated heterocycles. The maximum atomic E-state index is 13.3. The second-order valence-electron chi connectivity index (χ2n) is 10.4. The summed E-state index contributed by atoms with van der Waals surface area (Å²) in [6.07, 6.45) is 5.59. The van der Waals surface area contributed by atoms with E-state index < -0.39 is 21.5 Å². The average molecular weight is 584 g/mol. The van der Waals surface area contributed by atoms with Gasteiger partial charge in [-0.25, -0.2) is 22.2 Å². The number of sulfonamides is 1. The minimum absolute atomic E-state index is 0.0899. The highest BCUT2D eigenvalue weighted by molar-refractivity contribution is 7.88. The lowest BCUT2D eigenvalue weighted by atomic mass is 9.93. The maximum absolute atomic E-state index is 13.3. The molecular weight excluding hydrogens is 554 g/mol. The molecule has 11 nitrogen and oxygen atoms in total. The van der Waals surface area contributed by atoms with Crippen molar-refractivity contribution in [3.63, 3.8) is 0 Å². The number of rotatable bonds is 6. The summed E-state index contributed by atoms with van der Waals surface area (Å²) in [5.41, 5.74) is 16.4. The van der Waals surface area contributed by atoms with Gasteiger partial charge >= 0.3 is 0 Å². The molecule has 0 spiro atoms. The number of primary amides is 1. The highest BCUT2D eigenvalue weighted by atomic mass is 32.2. The molecule has 0 unspecified atom stereocenters. The van der Waals surface area contributed by atoms with Crippen molar-refractivity contribution in [1.82, 2.24) is 23.5 Å². The number of fused-ring (bicyclic) bond motifs is 1. The molecule has 1 fully saturated rings. The van der Waals surface area contributed by atoms with Gasteiger partial charge in [0.15, 0.2) is 5.82 Å². The lowest BCUT2D eigenvalue weighted by Crippen LogP contribution is -2.37. The molecule has 42 heavy (non-hydrogen) atoms. The van der Waals surface area contributed by atoms with Crippen LogP contribution in [0.2, 0.25) is 0 Å². The van der Waals surface area contributed by atoms with Gasteiger partial charge in [0.05, 0.1) is 6.26 Å². The van der Waals surface area contributed by atoms with Crippen LogP contribution in [-0.2, 0) is 10.0 Å². The fourth-order valence-electron chi connectivity index (χ4n) is 5.72. The van der Waals surface area contributed by atoms with Crippen LogP contribution < -0.4 is 17.0 Å². The van der Waals surface area contributed by atoms with E-state index in [1.165, 1.54) is 21.5 Å². The standard InChI is InChI=1S/C30H29N7O4S/c1-42(40,41)35-14-11-21(12-15-35)25-17-24(27-28(31)33-18-34-37(25)27)20-9-7-19(8-10-20)23-13-16-36(22-5-3-2-4-6-22)30(39)26(23)29(32)38/h2-10,13,16-18,21H,11-12,14-15H2,1H3,(H2,32,38)(H2,31,33,34). The highest BCUT2D eigenvalue weighted by Gasteiger charge is 2.29. The van der Waals surface area contributed by atoms with E-state index in [1.54, 1.807) is 28.9 Å². The Kier molecular flexibility index (Phi) is 6.87. The number of nitrogens with zero attached hydrogens (tertiary/aromatic N) is 5. The molecule has 4 N–H and O–H groups in total. The topological polar surface area (TPSA) is 159 Å². The molecule has 1 aliphatic rings. The Morgan fingerprint density at radius 2 is 1.60 bits per heavy atom. The van der Waals surface area contributed by atoms with Crippen LogP contribution in [0.25, 0.3) is 33.5 Å². The lowest BCUT2D eigenvalue weighted by molar-refractivity contribution is 0.0999. The third-order valence-electron chi connectivity index (χ3n) is 7.83.